The second-order valence-electron chi connectivity index (χ2n) is 6.85. The molecule has 1 heterocycles. The summed E-state index contributed by atoms with van der Waals surface area (Å²) < 4.78 is 40.1. The Bertz CT molecular complexity index is 990. The number of urea groups is 1. The maximum atomic E-state index is 13.4. The number of nitrogens with one attached hydrogen (secondary N) is 2. The third kappa shape index (κ3) is 3.80. The molecule has 2 aromatic carbocycles. The van der Waals surface area contributed by atoms with E-state index in [2.05, 4.69) is 10.6 Å². The summed E-state index contributed by atoms with van der Waals surface area (Å²) in [5.74, 6) is -1.57. The van der Waals surface area contributed by atoms with Gasteiger partial charge in [-0.05, 0) is 37.1 Å². The van der Waals surface area contributed by atoms with E-state index in [4.69, 9.17) is 0 Å². The summed E-state index contributed by atoms with van der Waals surface area (Å²) in [6.07, 6.45) is -4.71. The van der Waals surface area contributed by atoms with E-state index in [0.29, 0.717) is 10.6 Å². The molecule has 0 bridgehead atoms. The van der Waals surface area contributed by atoms with Crippen molar-refractivity contribution in [2.24, 2.45) is 0 Å². The van der Waals surface area contributed by atoms with Crippen LogP contribution in [-0.4, -0.2) is 29.3 Å². The minimum Gasteiger partial charge on any atom is -0.324 e. The summed E-state index contributed by atoms with van der Waals surface area (Å²) >= 11 is 0. The minimum atomic E-state index is -4.71. The lowest BCUT2D eigenvalue weighted by atomic mass is 9.87. The Labute approximate surface area is 164 Å². The number of benzene rings is 2. The molecule has 3 rings (SSSR count). The van der Waals surface area contributed by atoms with Crippen molar-refractivity contribution >= 4 is 23.5 Å². The quantitative estimate of drug-likeness (QED) is 0.766. The number of rotatable bonds is 4. The number of aryl methyl sites for hydroxylation is 1. The number of halogens is 3. The van der Waals surface area contributed by atoms with Gasteiger partial charge in [-0.2, -0.15) is 13.2 Å². The van der Waals surface area contributed by atoms with Crippen LogP contribution >= 0.6 is 0 Å². The zero-order valence-corrected chi connectivity index (χ0v) is 15.6. The first-order valence-electron chi connectivity index (χ1n) is 8.70. The first-order valence-corrected chi connectivity index (χ1v) is 8.70. The Morgan fingerprint density at radius 1 is 1.10 bits per heavy atom. The van der Waals surface area contributed by atoms with Crippen LogP contribution in [0.5, 0.6) is 0 Å². The van der Waals surface area contributed by atoms with Gasteiger partial charge >= 0.3 is 12.2 Å². The molecule has 0 spiro atoms. The first-order chi connectivity index (χ1) is 13.5. The number of carbonyl (C=O) groups excluding carboxylic acids is 3. The highest BCUT2D eigenvalue weighted by atomic mass is 19.4. The van der Waals surface area contributed by atoms with Gasteiger partial charge in [0.1, 0.15) is 12.1 Å². The highest BCUT2D eigenvalue weighted by Gasteiger charge is 2.52. The summed E-state index contributed by atoms with van der Waals surface area (Å²) in [5, 5.41) is 4.89. The molecule has 0 aliphatic carbocycles. The van der Waals surface area contributed by atoms with E-state index in [1.807, 2.05) is 0 Å². The summed E-state index contributed by atoms with van der Waals surface area (Å²) in [7, 11) is 0. The van der Waals surface area contributed by atoms with E-state index in [9.17, 15) is 27.6 Å². The molecule has 29 heavy (non-hydrogen) atoms. The summed E-state index contributed by atoms with van der Waals surface area (Å²) in [6.45, 7) is 2.34. The number of alkyl halides is 3. The first kappa shape index (κ1) is 20.4. The Kier molecular flexibility index (Phi) is 5.08. The zero-order valence-electron chi connectivity index (χ0n) is 15.6. The second kappa shape index (κ2) is 7.23. The molecule has 4 amide bonds. The van der Waals surface area contributed by atoms with Crippen LogP contribution in [0.25, 0.3) is 0 Å². The lowest BCUT2D eigenvalue weighted by Crippen LogP contribution is -2.43. The Morgan fingerprint density at radius 3 is 2.38 bits per heavy atom. The maximum Gasteiger partial charge on any atom is 0.416 e. The standard InChI is InChI=1S/C20H18F3N3O3/c1-12-7-3-6-10-15(12)24-16(27)11-26-17(28)19(2,25-18(26)29)13-8-4-5-9-14(13)20(21,22)23/h3-10H,11H2,1-2H3,(H,24,27)(H,25,29). The van der Waals surface area contributed by atoms with E-state index in [-0.39, 0.29) is 5.56 Å². The number of carbonyl (C=O) groups is 3. The molecule has 0 radical (unpaired) electrons. The van der Waals surface area contributed by atoms with Gasteiger partial charge in [-0.25, -0.2) is 4.79 Å². The number of anilines is 1. The van der Waals surface area contributed by atoms with Crippen LogP contribution in [0.1, 0.15) is 23.6 Å². The molecule has 1 aliphatic rings. The van der Waals surface area contributed by atoms with Crippen molar-refractivity contribution in [2.45, 2.75) is 25.6 Å². The molecule has 1 saturated heterocycles. The second-order valence-corrected chi connectivity index (χ2v) is 6.85. The smallest absolute Gasteiger partial charge is 0.324 e. The number of hydrogen-bond donors (Lipinski definition) is 2. The molecule has 6 nitrogen and oxygen atoms in total. The predicted molar refractivity (Wildman–Crippen MR) is 98.8 cm³/mol. The van der Waals surface area contributed by atoms with Crippen LogP contribution in [0, 0.1) is 6.92 Å². The number of hydrogen-bond acceptors (Lipinski definition) is 3. The van der Waals surface area contributed by atoms with Crippen LogP contribution in [0.15, 0.2) is 48.5 Å². The lowest BCUT2D eigenvalue weighted by molar-refractivity contribution is -0.140. The molecule has 2 aromatic rings. The van der Waals surface area contributed by atoms with Gasteiger partial charge in [0, 0.05) is 5.69 Å². The molecule has 2 N–H and O–H groups in total. The molecular formula is C20H18F3N3O3. The van der Waals surface area contributed by atoms with Crippen LogP contribution in [0.3, 0.4) is 0 Å². The Balaban J connectivity index is 1.85. The fourth-order valence-corrected chi connectivity index (χ4v) is 3.24. The summed E-state index contributed by atoms with van der Waals surface area (Å²) in [4.78, 5) is 38.1. The highest BCUT2D eigenvalue weighted by molar-refractivity contribution is 6.10. The predicted octanol–water partition coefficient (Wildman–Crippen LogP) is 3.42. The van der Waals surface area contributed by atoms with E-state index in [1.165, 1.54) is 19.1 Å². The SMILES string of the molecule is Cc1ccccc1NC(=O)CN1C(=O)NC(C)(c2ccccc2C(F)(F)F)C1=O. The summed E-state index contributed by atoms with van der Waals surface area (Å²) in [5.41, 5.74) is -2.06. The number of para-hydroxylation sites is 1. The van der Waals surface area contributed by atoms with Gasteiger partial charge in [-0.15, -0.1) is 0 Å². The van der Waals surface area contributed by atoms with Gasteiger partial charge in [0.2, 0.25) is 5.91 Å². The molecule has 0 aromatic heterocycles. The van der Waals surface area contributed by atoms with Gasteiger partial charge in [-0.3, -0.25) is 14.5 Å². The number of imide groups is 1. The third-order valence-corrected chi connectivity index (χ3v) is 4.77. The van der Waals surface area contributed by atoms with Gasteiger partial charge in [0.15, 0.2) is 0 Å². The fourth-order valence-electron chi connectivity index (χ4n) is 3.24. The molecule has 1 fully saturated rings. The van der Waals surface area contributed by atoms with Crippen molar-refractivity contribution in [3.8, 4) is 0 Å². The molecule has 1 unspecified atom stereocenters. The van der Waals surface area contributed by atoms with Crippen molar-refractivity contribution in [3.05, 3.63) is 65.2 Å². The summed E-state index contributed by atoms with van der Waals surface area (Å²) in [6, 6.07) is 10.5. The van der Waals surface area contributed by atoms with Gasteiger partial charge in [-0.1, -0.05) is 36.4 Å². The fraction of sp³-hybridized carbons (Fsp3) is 0.250. The average molecular weight is 405 g/mol. The molecule has 1 aliphatic heterocycles. The van der Waals surface area contributed by atoms with Gasteiger partial charge in [0.25, 0.3) is 5.91 Å². The Morgan fingerprint density at radius 2 is 1.72 bits per heavy atom. The van der Waals surface area contributed by atoms with E-state index < -0.39 is 41.7 Å². The lowest BCUT2D eigenvalue weighted by Gasteiger charge is -2.25. The average Bonchev–Trinajstić information content (AvgIpc) is 2.87. The molecular weight excluding hydrogens is 387 g/mol. The van der Waals surface area contributed by atoms with E-state index >= 15 is 0 Å². The van der Waals surface area contributed by atoms with Gasteiger partial charge < -0.3 is 10.6 Å². The third-order valence-electron chi connectivity index (χ3n) is 4.77. The van der Waals surface area contributed by atoms with Crippen molar-refractivity contribution < 1.29 is 27.6 Å². The van der Waals surface area contributed by atoms with Gasteiger partial charge in [0.05, 0.1) is 5.56 Å². The molecule has 152 valence electrons. The van der Waals surface area contributed by atoms with Crippen molar-refractivity contribution in [2.75, 3.05) is 11.9 Å². The van der Waals surface area contributed by atoms with Crippen molar-refractivity contribution in [3.63, 3.8) is 0 Å². The number of nitrogens with zero attached hydrogens (tertiary/aromatic N) is 1. The van der Waals surface area contributed by atoms with Crippen molar-refractivity contribution in [1.82, 2.24) is 10.2 Å². The molecule has 0 saturated carbocycles. The van der Waals surface area contributed by atoms with Crippen molar-refractivity contribution in [1.29, 1.82) is 0 Å². The molecule has 1 atom stereocenters. The minimum absolute atomic E-state index is 0.382. The highest BCUT2D eigenvalue weighted by Crippen LogP contribution is 2.39. The normalized spacial score (nSPS) is 19.3. The van der Waals surface area contributed by atoms with Crippen LogP contribution in [0.4, 0.5) is 23.7 Å². The largest absolute Gasteiger partial charge is 0.416 e. The monoisotopic (exact) mass is 405 g/mol. The number of amides is 4. The van der Waals surface area contributed by atoms with Crippen LogP contribution in [-0.2, 0) is 21.3 Å². The topological polar surface area (TPSA) is 78.5 Å². The van der Waals surface area contributed by atoms with E-state index in [0.717, 1.165) is 17.7 Å². The maximum absolute atomic E-state index is 13.4. The zero-order chi connectivity index (χ0) is 21.4. The van der Waals surface area contributed by atoms with Crippen LogP contribution in [0.2, 0.25) is 0 Å². The van der Waals surface area contributed by atoms with Crippen LogP contribution < -0.4 is 10.6 Å². The van der Waals surface area contributed by atoms with E-state index in [1.54, 1.807) is 31.2 Å². The Hall–Kier alpha value is -3.36. The molecule has 9 heteroatoms.